The summed E-state index contributed by atoms with van der Waals surface area (Å²) < 4.78 is 13.3. The molecule has 2 N–H and O–H groups in total. The van der Waals surface area contributed by atoms with E-state index >= 15 is 0 Å². The van der Waals surface area contributed by atoms with Crippen molar-refractivity contribution in [3.63, 3.8) is 0 Å². The van der Waals surface area contributed by atoms with E-state index in [0.717, 1.165) is 25.7 Å². The quantitative estimate of drug-likeness (QED) is 0.201. The lowest BCUT2D eigenvalue weighted by Gasteiger charge is -2.44. The topological polar surface area (TPSA) is 58.9 Å². The molecule has 0 spiro atoms. The predicted molar refractivity (Wildman–Crippen MR) is 166 cm³/mol. The van der Waals surface area contributed by atoms with Gasteiger partial charge in [0.1, 0.15) is 6.10 Å². The van der Waals surface area contributed by atoms with Gasteiger partial charge in [-0.15, -0.1) is 0 Å². The first-order valence-corrected chi connectivity index (χ1v) is 19.2. The molecule has 38 heavy (non-hydrogen) atoms. The first-order valence-electron chi connectivity index (χ1n) is 14.4. The summed E-state index contributed by atoms with van der Waals surface area (Å²) in [5.74, 6) is 0. The zero-order valence-corrected chi connectivity index (χ0v) is 27.5. The summed E-state index contributed by atoms with van der Waals surface area (Å²) in [4.78, 5) is 0. The standard InChI is InChI=1S/C32H54O4Si2/c1-26(19-13-10-18-24-29(33)30(34)25-35-37(8,9)31(2,3)4)36-38(32(5,6)7,27-20-14-11-15-21-27)28-22-16-12-17-23-28/h11-12,14-17,20-23,26,29-30,33-34H,10,13,18-19,24-25H2,1-9H3/t26-,29+,30-/m1/s1. The van der Waals surface area contributed by atoms with Gasteiger partial charge in [-0.2, -0.15) is 0 Å². The first kappa shape index (κ1) is 32.9. The fourth-order valence-corrected chi connectivity index (χ4v) is 10.6. The summed E-state index contributed by atoms with van der Waals surface area (Å²) in [6.45, 7) is 20.2. The molecule has 3 atom stereocenters. The molecule has 0 amide bonds. The fraction of sp³-hybridized carbons (Fsp3) is 0.625. The molecule has 0 aliphatic heterocycles. The molecule has 2 rings (SSSR count). The minimum absolute atomic E-state index is 0.0311. The molecule has 2 aromatic carbocycles. The zero-order valence-electron chi connectivity index (χ0n) is 25.5. The lowest BCUT2D eigenvalue weighted by Crippen LogP contribution is -2.67. The van der Waals surface area contributed by atoms with E-state index in [9.17, 15) is 10.2 Å². The van der Waals surface area contributed by atoms with Crippen LogP contribution in [0.3, 0.4) is 0 Å². The predicted octanol–water partition coefficient (Wildman–Crippen LogP) is 6.65. The molecule has 0 radical (unpaired) electrons. The van der Waals surface area contributed by atoms with Crippen molar-refractivity contribution in [3.05, 3.63) is 60.7 Å². The van der Waals surface area contributed by atoms with Gasteiger partial charge in [0.25, 0.3) is 8.32 Å². The maximum Gasteiger partial charge on any atom is 0.261 e. The SMILES string of the molecule is C[C@H](CCCCC[C@H](O)[C@H](O)CO[Si](C)(C)C(C)(C)C)O[Si](c1ccccc1)(c1ccccc1)C(C)(C)C. The number of benzene rings is 2. The van der Waals surface area contributed by atoms with Crippen molar-refractivity contribution in [2.24, 2.45) is 0 Å². The van der Waals surface area contributed by atoms with Gasteiger partial charge in [-0.1, -0.05) is 121 Å². The average molecular weight is 559 g/mol. The number of hydrogen-bond donors (Lipinski definition) is 2. The van der Waals surface area contributed by atoms with Gasteiger partial charge in [0.2, 0.25) is 0 Å². The van der Waals surface area contributed by atoms with E-state index in [1.54, 1.807) is 0 Å². The van der Waals surface area contributed by atoms with Gasteiger partial charge >= 0.3 is 0 Å². The summed E-state index contributed by atoms with van der Waals surface area (Å²) in [6, 6.07) is 21.6. The Morgan fingerprint density at radius 2 is 1.16 bits per heavy atom. The van der Waals surface area contributed by atoms with Crippen LogP contribution in [-0.2, 0) is 8.85 Å². The number of unbranched alkanes of at least 4 members (excludes halogenated alkanes) is 2. The molecule has 0 saturated carbocycles. The Morgan fingerprint density at radius 1 is 0.684 bits per heavy atom. The molecule has 0 aromatic heterocycles. The van der Waals surface area contributed by atoms with E-state index < -0.39 is 28.8 Å². The normalized spacial score (nSPS) is 15.8. The van der Waals surface area contributed by atoms with E-state index in [2.05, 4.69) is 122 Å². The van der Waals surface area contributed by atoms with Gasteiger partial charge in [-0.05, 0) is 53.3 Å². The van der Waals surface area contributed by atoms with Crippen LogP contribution in [0.15, 0.2) is 60.7 Å². The van der Waals surface area contributed by atoms with Crippen LogP contribution in [0.25, 0.3) is 0 Å². The molecule has 0 saturated heterocycles. The Balaban J connectivity index is 1.94. The van der Waals surface area contributed by atoms with Gasteiger partial charge < -0.3 is 19.1 Å². The highest BCUT2D eigenvalue weighted by Crippen LogP contribution is 2.38. The molecule has 4 nitrogen and oxygen atoms in total. The van der Waals surface area contributed by atoms with Crippen LogP contribution < -0.4 is 10.4 Å². The minimum atomic E-state index is -2.54. The lowest BCUT2D eigenvalue weighted by molar-refractivity contribution is -0.0155. The second kappa shape index (κ2) is 13.9. The molecular weight excluding hydrogens is 505 g/mol. The third-order valence-electron chi connectivity index (χ3n) is 8.27. The summed E-state index contributed by atoms with van der Waals surface area (Å²) in [7, 11) is -4.47. The van der Waals surface area contributed by atoms with Crippen molar-refractivity contribution in [1.82, 2.24) is 0 Å². The van der Waals surface area contributed by atoms with Crippen LogP contribution in [0.2, 0.25) is 23.2 Å². The monoisotopic (exact) mass is 558 g/mol. The van der Waals surface area contributed by atoms with Crippen LogP contribution in [-0.4, -0.2) is 51.8 Å². The number of rotatable bonds is 14. The van der Waals surface area contributed by atoms with E-state index in [-0.39, 0.29) is 22.8 Å². The summed E-state index contributed by atoms with van der Waals surface area (Å²) in [6.07, 6.45) is 3.01. The Labute approximate surface area is 235 Å². The molecular formula is C32H54O4Si2. The molecule has 2 aromatic rings. The highest BCUT2D eigenvalue weighted by atomic mass is 28.4. The third-order valence-corrected chi connectivity index (χ3v) is 17.9. The number of aliphatic hydroxyl groups excluding tert-OH is 2. The summed E-state index contributed by atoms with van der Waals surface area (Å²) in [5, 5.41) is 23.6. The van der Waals surface area contributed by atoms with Gasteiger partial charge in [-0.25, -0.2) is 0 Å². The Hall–Kier alpha value is -1.29. The molecule has 6 heteroatoms. The van der Waals surface area contributed by atoms with Crippen molar-refractivity contribution >= 4 is 27.0 Å². The fourth-order valence-electron chi connectivity index (χ4n) is 4.83. The van der Waals surface area contributed by atoms with Crippen LogP contribution in [0.1, 0.15) is 80.6 Å². The van der Waals surface area contributed by atoms with Gasteiger partial charge in [-0.3, -0.25) is 0 Å². The zero-order chi connectivity index (χ0) is 28.6. The molecule has 0 aliphatic rings. The second-order valence-electron chi connectivity index (χ2n) is 13.4. The maximum atomic E-state index is 10.5. The van der Waals surface area contributed by atoms with Crippen LogP contribution in [0.5, 0.6) is 0 Å². The van der Waals surface area contributed by atoms with Crippen LogP contribution in [0, 0.1) is 0 Å². The smallest absolute Gasteiger partial charge is 0.261 e. The Morgan fingerprint density at radius 3 is 1.61 bits per heavy atom. The van der Waals surface area contributed by atoms with E-state index in [1.807, 2.05) is 0 Å². The number of hydrogen-bond acceptors (Lipinski definition) is 4. The van der Waals surface area contributed by atoms with Gasteiger partial charge in [0, 0.05) is 6.10 Å². The van der Waals surface area contributed by atoms with Crippen LogP contribution in [0.4, 0.5) is 0 Å². The van der Waals surface area contributed by atoms with Crippen molar-refractivity contribution in [3.8, 4) is 0 Å². The second-order valence-corrected chi connectivity index (χ2v) is 22.5. The summed E-state index contributed by atoms with van der Waals surface area (Å²) in [5.41, 5.74) is 0. The molecule has 0 heterocycles. The van der Waals surface area contributed by atoms with Gasteiger partial charge in [0.05, 0.1) is 12.7 Å². The molecule has 0 bridgehead atoms. The molecule has 0 aliphatic carbocycles. The van der Waals surface area contributed by atoms with Gasteiger partial charge in [0.15, 0.2) is 8.32 Å². The average Bonchev–Trinajstić information content (AvgIpc) is 2.85. The molecule has 0 unspecified atom stereocenters. The summed E-state index contributed by atoms with van der Waals surface area (Å²) >= 11 is 0. The maximum absolute atomic E-state index is 10.5. The highest BCUT2D eigenvalue weighted by molar-refractivity contribution is 6.99. The Kier molecular flexibility index (Phi) is 12.0. The lowest BCUT2D eigenvalue weighted by atomic mass is 10.0. The first-order chi connectivity index (χ1) is 17.6. The minimum Gasteiger partial charge on any atom is -0.414 e. The third kappa shape index (κ3) is 8.61. The molecule has 0 fully saturated rings. The van der Waals surface area contributed by atoms with Crippen molar-refractivity contribution in [1.29, 1.82) is 0 Å². The van der Waals surface area contributed by atoms with Crippen LogP contribution >= 0.6 is 0 Å². The van der Waals surface area contributed by atoms with E-state index in [4.69, 9.17) is 8.85 Å². The van der Waals surface area contributed by atoms with E-state index in [0.29, 0.717) is 6.42 Å². The molecule has 214 valence electrons. The largest absolute Gasteiger partial charge is 0.414 e. The Bertz CT molecular complexity index is 896. The van der Waals surface area contributed by atoms with Crippen molar-refractivity contribution in [2.75, 3.05) is 6.61 Å². The number of aliphatic hydroxyl groups is 2. The van der Waals surface area contributed by atoms with Crippen molar-refractivity contribution in [2.45, 2.75) is 122 Å². The van der Waals surface area contributed by atoms with Crippen molar-refractivity contribution < 1.29 is 19.1 Å². The highest BCUT2D eigenvalue weighted by Gasteiger charge is 2.50. The van der Waals surface area contributed by atoms with E-state index in [1.165, 1.54) is 10.4 Å².